The maximum absolute atomic E-state index is 12.9. The zero-order valence-corrected chi connectivity index (χ0v) is 14.6. The molecule has 0 aliphatic carbocycles. The number of nitrogens with zero attached hydrogens (tertiary/aromatic N) is 1. The van der Waals surface area contributed by atoms with Crippen molar-refractivity contribution in [2.45, 2.75) is 13.0 Å². The van der Waals surface area contributed by atoms with Crippen LogP contribution in [0, 0.1) is 11.6 Å². The summed E-state index contributed by atoms with van der Waals surface area (Å²) in [7, 11) is 1.65. The molecule has 0 unspecified atom stereocenters. The van der Waals surface area contributed by atoms with Gasteiger partial charge in [-0.25, -0.2) is 8.78 Å². The van der Waals surface area contributed by atoms with Crippen LogP contribution in [0.25, 0.3) is 0 Å². The van der Waals surface area contributed by atoms with Gasteiger partial charge in [-0.05, 0) is 35.4 Å². The number of hydrogen-bond donors (Lipinski definition) is 3. The van der Waals surface area contributed by atoms with E-state index in [1.54, 1.807) is 31.3 Å². The zero-order valence-electron chi connectivity index (χ0n) is 14.6. The molecule has 0 fully saturated rings. The van der Waals surface area contributed by atoms with Gasteiger partial charge < -0.3 is 16.0 Å². The molecule has 1 amide bonds. The van der Waals surface area contributed by atoms with Gasteiger partial charge in [0, 0.05) is 26.7 Å². The fourth-order valence-electron chi connectivity index (χ4n) is 2.24. The van der Waals surface area contributed by atoms with Gasteiger partial charge in [0.2, 0.25) is 5.91 Å². The van der Waals surface area contributed by atoms with Gasteiger partial charge in [0.15, 0.2) is 5.96 Å². The van der Waals surface area contributed by atoms with E-state index in [1.165, 1.54) is 24.3 Å². The Kier molecular flexibility index (Phi) is 7.54. The van der Waals surface area contributed by atoms with Crippen molar-refractivity contribution in [1.29, 1.82) is 0 Å². The van der Waals surface area contributed by atoms with E-state index in [-0.39, 0.29) is 24.0 Å². The van der Waals surface area contributed by atoms with Crippen molar-refractivity contribution < 1.29 is 13.6 Å². The van der Waals surface area contributed by atoms with Gasteiger partial charge in [-0.3, -0.25) is 9.79 Å². The lowest BCUT2D eigenvalue weighted by Crippen LogP contribution is -2.41. The SMILES string of the molecule is CN=C(NCCNC(=O)Cc1ccc(F)cc1)NCc1ccc(F)cc1. The van der Waals surface area contributed by atoms with E-state index in [0.29, 0.717) is 25.6 Å². The predicted molar refractivity (Wildman–Crippen MR) is 97.7 cm³/mol. The van der Waals surface area contributed by atoms with Gasteiger partial charge in [-0.15, -0.1) is 0 Å². The van der Waals surface area contributed by atoms with E-state index in [2.05, 4.69) is 20.9 Å². The van der Waals surface area contributed by atoms with E-state index >= 15 is 0 Å². The Bertz CT molecular complexity index is 730. The highest BCUT2D eigenvalue weighted by atomic mass is 19.1. The Hall–Kier alpha value is -2.96. The van der Waals surface area contributed by atoms with E-state index in [1.807, 2.05) is 0 Å². The second kappa shape index (κ2) is 10.1. The normalized spacial score (nSPS) is 11.1. The highest BCUT2D eigenvalue weighted by Crippen LogP contribution is 2.03. The molecule has 7 heteroatoms. The third-order valence-corrected chi connectivity index (χ3v) is 3.61. The molecule has 2 aromatic carbocycles. The van der Waals surface area contributed by atoms with Crippen molar-refractivity contribution in [2.24, 2.45) is 4.99 Å². The average Bonchev–Trinajstić information content (AvgIpc) is 2.64. The van der Waals surface area contributed by atoms with Crippen LogP contribution < -0.4 is 16.0 Å². The monoisotopic (exact) mass is 360 g/mol. The fraction of sp³-hybridized carbons (Fsp3) is 0.263. The number of nitrogens with one attached hydrogen (secondary N) is 3. The van der Waals surface area contributed by atoms with Crippen molar-refractivity contribution in [2.75, 3.05) is 20.1 Å². The number of guanidine groups is 1. The highest BCUT2D eigenvalue weighted by molar-refractivity contribution is 5.80. The van der Waals surface area contributed by atoms with Crippen LogP contribution in [0.3, 0.4) is 0 Å². The molecule has 0 radical (unpaired) electrons. The van der Waals surface area contributed by atoms with E-state index in [0.717, 1.165) is 11.1 Å². The summed E-state index contributed by atoms with van der Waals surface area (Å²) in [5.41, 5.74) is 1.69. The molecule has 0 aromatic heterocycles. The van der Waals surface area contributed by atoms with Gasteiger partial charge in [-0.1, -0.05) is 24.3 Å². The summed E-state index contributed by atoms with van der Waals surface area (Å²) in [6.07, 6.45) is 0.206. The largest absolute Gasteiger partial charge is 0.355 e. The first-order valence-corrected chi connectivity index (χ1v) is 8.27. The number of rotatable bonds is 7. The van der Waals surface area contributed by atoms with Gasteiger partial charge in [-0.2, -0.15) is 0 Å². The summed E-state index contributed by atoms with van der Waals surface area (Å²) in [5.74, 6) is -0.139. The van der Waals surface area contributed by atoms with E-state index in [4.69, 9.17) is 0 Å². The smallest absolute Gasteiger partial charge is 0.224 e. The molecular formula is C19H22F2N4O. The maximum atomic E-state index is 12.9. The molecule has 138 valence electrons. The van der Waals surface area contributed by atoms with Crippen molar-refractivity contribution >= 4 is 11.9 Å². The first-order chi connectivity index (χ1) is 12.6. The van der Waals surface area contributed by atoms with Gasteiger partial charge in [0.05, 0.1) is 6.42 Å². The summed E-state index contributed by atoms with van der Waals surface area (Å²) in [5, 5.41) is 8.97. The van der Waals surface area contributed by atoms with Crippen LogP contribution in [0.5, 0.6) is 0 Å². The molecule has 0 aliphatic rings. The minimum Gasteiger partial charge on any atom is -0.355 e. The molecule has 0 spiro atoms. The minimum atomic E-state index is -0.321. The second-order valence-corrected chi connectivity index (χ2v) is 5.63. The van der Waals surface area contributed by atoms with Crippen molar-refractivity contribution in [1.82, 2.24) is 16.0 Å². The van der Waals surface area contributed by atoms with Crippen LogP contribution in [-0.2, 0) is 17.8 Å². The Morgan fingerprint density at radius 3 is 1.96 bits per heavy atom. The van der Waals surface area contributed by atoms with Crippen LogP contribution in [0.4, 0.5) is 8.78 Å². The molecule has 0 saturated carbocycles. The first kappa shape index (κ1) is 19.4. The fourth-order valence-corrected chi connectivity index (χ4v) is 2.24. The molecule has 3 N–H and O–H groups in total. The van der Waals surface area contributed by atoms with E-state index in [9.17, 15) is 13.6 Å². The summed E-state index contributed by atoms with van der Waals surface area (Å²) in [4.78, 5) is 15.9. The van der Waals surface area contributed by atoms with E-state index < -0.39 is 0 Å². The molecule has 0 saturated heterocycles. The van der Waals surface area contributed by atoms with Crippen LogP contribution in [0.2, 0.25) is 0 Å². The Morgan fingerprint density at radius 1 is 0.846 bits per heavy atom. The van der Waals surface area contributed by atoms with Gasteiger partial charge >= 0.3 is 0 Å². The zero-order chi connectivity index (χ0) is 18.8. The average molecular weight is 360 g/mol. The molecule has 0 aliphatic heterocycles. The minimum absolute atomic E-state index is 0.132. The summed E-state index contributed by atoms with van der Waals surface area (Å²) in [6.45, 7) is 1.44. The molecule has 0 heterocycles. The number of hydrogen-bond acceptors (Lipinski definition) is 2. The summed E-state index contributed by atoms with van der Waals surface area (Å²) >= 11 is 0. The van der Waals surface area contributed by atoms with Crippen LogP contribution >= 0.6 is 0 Å². The third kappa shape index (κ3) is 6.88. The topological polar surface area (TPSA) is 65.5 Å². The number of amides is 1. The number of aliphatic imine (C=N–C) groups is 1. The van der Waals surface area contributed by atoms with Gasteiger partial charge in [0.25, 0.3) is 0 Å². The molecular weight excluding hydrogens is 338 g/mol. The molecule has 0 bridgehead atoms. The lowest BCUT2D eigenvalue weighted by molar-refractivity contribution is -0.120. The number of benzene rings is 2. The lowest BCUT2D eigenvalue weighted by atomic mass is 10.1. The molecule has 26 heavy (non-hydrogen) atoms. The predicted octanol–water partition coefficient (Wildman–Crippen LogP) is 1.99. The van der Waals surface area contributed by atoms with Crippen LogP contribution in [-0.4, -0.2) is 32.0 Å². The van der Waals surface area contributed by atoms with Crippen LogP contribution in [0.15, 0.2) is 53.5 Å². The Balaban J connectivity index is 1.64. The second-order valence-electron chi connectivity index (χ2n) is 5.63. The van der Waals surface area contributed by atoms with Crippen molar-refractivity contribution in [3.05, 3.63) is 71.3 Å². The number of halogens is 2. The van der Waals surface area contributed by atoms with Crippen molar-refractivity contribution in [3.63, 3.8) is 0 Å². The Morgan fingerprint density at radius 2 is 1.38 bits per heavy atom. The summed E-state index contributed by atoms with van der Waals surface area (Å²) in [6, 6.07) is 12.1. The Labute approximate surface area is 151 Å². The maximum Gasteiger partial charge on any atom is 0.224 e. The standard InChI is InChI=1S/C19H22F2N4O/c1-22-19(25-13-15-4-8-17(21)9-5-15)24-11-10-23-18(26)12-14-2-6-16(20)7-3-14/h2-9H,10-13H2,1H3,(H,23,26)(H2,22,24,25). The highest BCUT2D eigenvalue weighted by Gasteiger charge is 2.04. The number of carbonyl (C=O) groups excluding carboxylic acids is 1. The molecule has 5 nitrogen and oxygen atoms in total. The summed E-state index contributed by atoms with van der Waals surface area (Å²) < 4.78 is 25.7. The first-order valence-electron chi connectivity index (χ1n) is 8.27. The molecule has 0 atom stereocenters. The quantitative estimate of drug-likeness (QED) is 0.402. The lowest BCUT2D eigenvalue weighted by Gasteiger charge is -2.12. The molecule has 2 aromatic rings. The van der Waals surface area contributed by atoms with Crippen LogP contribution in [0.1, 0.15) is 11.1 Å². The number of carbonyl (C=O) groups is 1. The van der Waals surface area contributed by atoms with Gasteiger partial charge in [0.1, 0.15) is 11.6 Å². The van der Waals surface area contributed by atoms with Crippen molar-refractivity contribution in [3.8, 4) is 0 Å². The molecule has 2 rings (SSSR count). The third-order valence-electron chi connectivity index (χ3n) is 3.61.